The summed E-state index contributed by atoms with van der Waals surface area (Å²) in [4.78, 5) is 37.3. The quantitative estimate of drug-likeness (QED) is 0.417. The molecule has 188 valence electrons. The van der Waals surface area contributed by atoms with Crippen LogP contribution in [0.1, 0.15) is 59.2 Å². The fourth-order valence-corrected chi connectivity index (χ4v) is 5.38. The predicted molar refractivity (Wildman–Crippen MR) is 138 cm³/mol. The number of fused-ring (bicyclic) bond motifs is 3. The first kappa shape index (κ1) is 23.1. The van der Waals surface area contributed by atoms with E-state index in [-0.39, 0.29) is 30.6 Å². The van der Waals surface area contributed by atoms with Crippen molar-refractivity contribution in [2.24, 2.45) is 5.92 Å². The number of benzene rings is 3. The van der Waals surface area contributed by atoms with E-state index in [0.717, 1.165) is 16.6 Å². The molecule has 0 saturated heterocycles. The highest BCUT2D eigenvalue weighted by molar-refractivity contribution is 6.01. The summed E-state index contributed by atoms with van der Waals surface area (Å²) in [5, 5.41) is 3.27. The van der Waals surface area contributed by atoms with Gasteiger partial charge in [0.1, 0.15) is 5.82 Å². The fourth-order valence-electron chi connectivity index (χ4n) is 5.38. The lowest BCUT2D eigenvalue weighted by atomic mass is 9.79. The molecule has 6 rings (SSSR count). The topological polar surface area (TPSA) is 96.6 Å². The van der Waals surface area contributed by atoms with Crippen molar-refractivity contribution in [3.05, 3.63) is 89.2 Å². The maximum Gasteiger partial charge on any atom is 0.254 e. The van der Waals surface area contributed by atoms with Crippen molar-refractivity contribution in [2.45, 2.75) is 31.8 Å². The smallest absolute Gasteiger partial charge is 0.254 e. The second kappa shape index (κ2) is 8.96. The van der Waals surface area contributed by atoms with E-state index in [1.165, 1.54) is 0 Å². The maximum atomic E-state index is 14.2. The van der Waals surface area contributed by atoms with E-state index in [1.54, 1.807) is 18.0 Å². The number of nitrogens with one attached hydrogen (secondary N) is 2. The summed E-state index contributed by atoms with van der Waals surface area (Å²) in [5.74, 6) is 1.11. The first-order valence-electron chi connectivity index (χ1n) is 12.4. The van der Waals surface area contributed by atoms with Crippen LogP contribution in [0, 0.1) is 5.92 Å². The Morgan fingerprint density at radius 2 is 1.81 bits per heavy atom. The summed E-state index contributed by atoms with van der Waals surface area (Å²) in [5.41, 5.74) is 3.82. The molecule has 3 heterocycles. The molecule has 0 fully saturated rings. The number of carbonyl (C=O) groups is 2. The normalized spacial score (nSPS) is 19.2. The largest absolute Gasteiger partial charge is 0.454 e. The van der Waals surface area contributed by atoms with Gasteiger partial charge in [0.2, 0.25) is 12.7 Å². The van der Waals surface area contributed by atoms with Crippen LogP contribution in [-0.4, -0.2) is 40.5 Å². The Morgan fingerprint density at radius 1 is 1.05 bits per heavy atom. The van der Waals surface area contributed by atoms with Crippen LogP contribution in [0.4, 0.5) is 0 Å². The van der Waals surface area contributed by atoms with Crippen LogP contribution in [-0.2, 0) is 4.79 Å². The summed E-state index contributed by atoms with van der Waals surface area (Å²) in [7, 11) is 1.74. The van der Waals surface area contributed by atoms with Gasteiger partial charge in [-0.15, -0.1) is 0 Å². The average molecular weight is 497 g/mol. The van der Waals surface area contributed by atoms with Gasteiger partial charge in [-0.1, -0.05) is 50.2 Å². The van der Waals surface area contributed by atoms with Crippen LogP contribution in [0.2, 0.25) is 0 Å². The van der Waals surface area contributed by atoms with Gasteiger partial charge in [0.05, 0.1) is 29.0 Å². The van der Waals surface area contributed by atoms with Crippen molar-refractivity contribution in [3.8, 4) is 11.5 Å². The van der Waals surface area contributed by atoms with E-state index >= 15 is 0 Å². The molecular formula is C29H28N4O4. The number of nitrogens with zero attached hydrogens (tertiary/aromatic N) is 2. The minimum atomic E-state index is -0.634. The summed E-state index contributed by atoms with van der Waals surface area (Å²) in [6, 6.07) is 19.9. The first-order valence-corrected chi connectivity index (χ1v) is 12.4. The molecule has 1 aromatic heterocycles. The van der Waals surface area contributed by atoms with Crippen molar-refractivity contribution in [2.75, 3.05) is 13.8 Å². The van der Waals surface area contributed by atoms with Crippen LogP contribution >= 0.6 is 0 Å². The van der Waals surface area contributed by atoms with E-state index in [1.807, 2.05) is 60.7 Å². The van der Waals surface area contributed by atoms with Crippen LogP contribution in [0.3, 0.4) is 0 Å². The van der Waals surface area contributed by atoms with E-state index in [4.69, 9.17) is 14.5 Å². The zero-order valence-corrected chi connectivity index (χ0v) is 20.9. The molecule has 2 amide bonds. The third kappa shape index (κ3) is 3.89. The van der Waals surface area contributed by atoms with E-state index in [0.29, 0.717) is 28.5 Å². The number of H-pyrrole nitrogens is 1. The highest BCUT2D eigenvalue weighted by Gasteiger charge is 2.43. The Kier molecular flexibility index (Phi) is 5.59. The lowest BCUT2D eigenvalue weighted by Crippen LogP contribution is -2.46. The number of likely N-dealkylation sites (N-methyl/N-ethyl adjacent to an activating group) is 1. The second-order valence-corrected chi connectivity index (χ2v) is 9.91. The van der Waals surface area contributed by atoms with Gasteiger partial charge in [-0.25, -0.2) is 4.98 Å². The van der Waals surface area contributed by atoms with Gasteiger partial charge in [0.25, 0.3) is 5.91 Å². The van der Waals surface area contributed by atoms with Crippen molar-refractivity contribution in [1.29, 1.82) is 0 Å². The predicted octanol–water partition coefficient (Wildman–Crippen LogP) is 4.72. The number of imidazole rings is 1. The monoisotopic (exact) mass is 496 g/mol. The molecule has 0 saturated carbocycles. The van der Waals surface area contributed by atoms with E-state index in [2.05, 4.69) is 24.1 Å². The van der Waals surface area contributed by atoms with Gasteiger partial charge in [-0.2, -0.15) is 0 Å². The van der Waals surface area contributed by atoms with Crippen molar-refractivity contribution < 1.29 is 19.1 Å². The van der Waals surface area contributed by atoms with E-state index < -0.39 is 12.0 Å². The molecule has 8 heteroatoms. The maximum absolute atomic E-state index is 14.2. The molecule has 8 nitrogen and oxygen atoms in total. The third-order valence-corrected chi connectivity index (χ3v) is 7.27. The summed E-state index contributed by atoms with van der Waals surface area (Å²) in [6.07, 6.45) is 0. The van der Waals surface area contributed by atoms with Gasteiger partial charge < -0.3 is 24.7 Å². The second-order valence-electron chi connectivity index (χ2n) is 9.91. The Labute approximate surface area is 214 Å². The first-order chi connectivity index (χ1) is 17.9. The minimum Gasteiger partial charge on any atom is -0.454 e. The zero-order valence-electron chi connectivity index (χ0n) is 20.9. The summed E-state index contributed by atoms with van der Waals surface area (Å²) < 4.78 is 11.1. The average Bonchev–Trinajstić information content (AvgIpc) is 3.55. The van der Waals surface area contributed by atoms with Crippen LogP contribution in [0.25, 0.3) is 11.0 Å². The van der Waals surface area contributed by atoms with Crippen molar-refractivity contribution in [3.63, 3.8) is 0 Å². The Morgan fingerprint density at radius 3 is 2.62 bits per heavy atom. The van der Waals surface area contributed by atoms with Gasteiger partial charge in [-0.05, 0) is 47.4 Å². The molecule has 3 aromatic carbocycles. The van der Waals surface area contributed by atoms with Gasteiger partial charge in [0, 0.05) is 12.6 Å². The number of aromatic nitrogens is 2. The van der Waals surface area contributed by atoms with Crippen LogP contribution in [0.15, 0.2) is 66.7 Å². The molecule has 2 aliphatic heterocycles. The van der Waals surface area contributed by atoms with Crippen molar-refractivity contribution >= 4 is 22.8 Å². The van der Waals surface area contributed by atoms with E-state index in [9.17, 15) is 9.59 Å². The highest BCUT2D eigenvalue weighted by Crippen LogP contribution is 2.45. The Balaban J connectivity index is 1.42. The molecule has 0 aliphatic carbocycles. The van der Waals surface area contributed by atoms with Crippen LogP contribution in [0.5, 0.6) is 11.5 Å². The number of rotatable bonds is 5. The third-order valence-electron chi connectivity index (χ3n) is 7.27. The zero-order chi connectivity index (χ0) is 25.7. The van der Waals surface area contributed by atoms with Crippen LogP contribution < -0.4 is 14.8 Å². The number of hydrogen-bond acceptors (Lipinski definition) is 5. The lowest BCUT2D eigenvalue weighted by molar-refractivity contribution is -0.125. The van der Waals surface area contributed by atoms with Gasteiger partial charge >= 0.3 is 0 Å². The van der Waals surface area contributed by atoms with Gasteiger partial charge in [0.15, 0.2) is 11.5 Å². The Bertz CT molecular complexity index is 1480. The number of ether oxygens (including phenoxy) is 2. The Hall–Kier alpha value is -4.33. The minimum absolute atomic E-state index is 0.0756. The number of carbonyl (C=O) groups excluding carboxylic acids is 2. The molecule has 2 N–H and O–H groups in total. The lowest BCUT2D eigenvalue weighted by Gasteiger charge is -2.40. The van der Waals surface area contributed by atoms with Gasteiger partial charge in [-0.3, -0.25) is 9.59 Å². The summed E-state index contributed by atoms with van der Waals surface area (Å²) in [6.45, 7) is 4.26. The number of amides is 2. The van der Waals surface area contributed by atoms with Crippen molar-refractivity contribution in [1.82, 2.24) is 20.2 Å². The molecule has 2 aliphatic rings. The molecule has 0 radical (unpaired) electrons. The standard InChI is InChI=1S/C29H28N4O4/c1-16(2)25(27-30-20-10-6-7-11-21(20)31-27)32-28(34)24-18-8-4-5-9-19(18)29(35)33(3)26(24)17-12-13-22-23(14-17)37-15-36-22/h4-14,16,24-26H,15H2,1-3H3,(H,30,31)(H,32,34). The molecule has 0 spiro atoms. The SMILES string of the molecule is CC(C)C(NC(=O)C1c2ccccc2C(=O)N(C)C1c1ccc2c(c1)OCO2)c1nc2ccccc2[nH]1. The molecular weight excluding hydrogens is 468 g/mol. The number of aromatic amines is 1. The number of para-hydroxylation sites is 2. The number of hydrogen-bond donors (Lipinski definition) is 2. The highest BCUT2D eigenvalue weighted by atomic mass is 16.7. The molecule has 3 atom stereocenters. The summed E-state index contributed by atoms with van der Waals surface area (Å²) >= 11 is 0. The molecule has 3 unspecified atom stereocenters. The molecule has 0 bridgehead atoms. The molecule has 37 heavy (non-hydrogen) atoms. The molecule has 4 aromatic rings. The fraction of sp³-hybridized carbons (Fsp3) is 0.276.